The molecule has 2 rings (SSSR count). The van der Waals surface area contributed by atoms with Crippen LogP contribution in [0.3, 0.4) is 0 Å². The first-order valence-electron chi connectivity index (χ1n) is 7.13. The number of hydrogen-bond acceptors (Lipinski definition) is 1. The Balaban J connectivity index is 1.92. The standard InChI is InChI=1S/C17H17F3N2O/c1-12(10-13-6-3-2-4-7-13)21-16(23)22-15-9-5-8-14(11-15)17(18,19)20/h2-9,11-12H,10H2,1H3,(H2,21,22,23). The molecule has 0 aliphatic rings. The van der Waals surface area contributed by atoms with E-state index in [1.165, 1.54) is 12.1 Å². The minimum atomic E-state index is -4.44. The Bertz CT molecular complexity index is 656. The van der Waals surface area contributed by atoms with Crippen LogP contribution in [-0.2, 0) is 12.6 Å². The van der Waals surface area contributed by atoms with E-state index in [4.69, 9.17) is 0 Å². The lowest BCUT2D eigenvalue weighted by molar-refractivity contribution is -0.137. The van der Waals surface area contributed by atoms with Gasteiger partial charge in [0.25, 0.3) is 0 Å². The number of amides is 2. The number of hydrogen-bond donors (Lipinski definition) is 2. The van der Waals surface area contributed by atoms with Crippen molar-refractivity contribution in [3.63, 3.8) is 0 Å². The molecule has 0 bridgehead atoms. The molecular weight excluding hydrogens is 305 g/mol. The van der Waals surface area contributed by atoms with E-state index in [9.17, 15) is 18.0 Å². The second-order valence-corrected chi connectivity index (χ2v) is 5.27. The Morgan fingerprint density at radius 3 is 2.43 bits per heavy atom. The molecule has 0 heterocycles. The molecule has 0 aliphatic carbocycles. The van der Waals surface area contributed by atoms with Crippen molar-refractivity contribution in [2.24, 2.45) is 0 Å². The molecule has 0 aliphatic heterocycles. The molecule has 0 fully saturated rings. The molecular formula is C17H17F3N2O. The van der Waals surface area contributed by atoms with Gasteiger partial charge in [0.05, 0.1) is 5.56 Å². The van der Waals surface area contributed by atoms with Crippen molar-refractivity contribution in [2.75, 3.05) is 5.32 Å². The maximum Gasteiger partial charge on any atom is 0.416 e. The van der Waals surface area contributed by atoms with Gasteiger partial charge in [-0.3, -0.25) is 0 Å². The topological polar surface area (TPSA) is 41.1 Å². The van der Waals surface area contributed by atoms with Crippen LogP contribution in [-0.4, -0.2) is 12.1 Å². The van der Waals surface area contributed by atoms with E-state index in [0.717, 1.165) is 17.7 Å². The van der Waals surface area contributed by atoms with Crippen molar-refractivity contribution in [2.45, 2.75) is 25.6 Å². The van der Waals surface area contributed by atoms with Gasteiger partial charge in [0.1, 0.15) is 0 Å². The summed E-state index contributed by atoms with van der Waals surface area (Å²) in [7, 11) is 0. The number of alkyl halides is 3. The molecule has 2 amide bonds. The first kappa shape index (κ1) is 16.9. The molecule has 122 valence electrons. The van der Waals surface area contributed by atoms with Crippen LogP contribution in [0, 0.1) is 0 Å². The highest BCUT2D eigenvalue weighted by Crippen LogP contribution is 2.30. The van der Waals surface area contributed by atoms with Gasteiger partial charge in [-0.2, -0.15) is 13.2 Å². The normalized spacial score (nSPS) is 12.5. The molecule has 3 nitrogen and oxygen atoms in total. The minimum Gasteiger partial charge on any atom is -0.335 e. The van der Waals surface area contributed by atoms with Gasteiger partial charge in [-0.05, 0) is 37.1 Å². The molecule has 0 radical (unpaired) electrons. The van der Waals surface area contributed by atoms with Crippen molar-refractivity contribution in [1.82, 2.24) is 5.32 Å². The van der Waals surface area contributed by atoms with Crippen molar-refractivity contribution in [3.8, 4) is 0 Å². The van der Waals surface area contributed by atoms with E-state index in [1.807, 2.05) is 37.3 Å². The first-order valence-corrected chi connectivity index (χ1v) is 7.13. The minimum absolute atomic E-state index is 0.101. The van der Waals surface area contributed by atoms with E-state index >= 15 is 0 Å². The lowest BCUT2D eigenvalue weighted by Gasteiger charge is -2.15. The lowest BCUT2D eigenvalue weighted by atomic mass is 10.1. The van der Waals surface area contributed by atoms with E-state index in [0.29, 0.717) is 6.42 Å². The zero-order valence-corrected chi connectivity index (χ0v) is 12.5. The Morgan fingerprint density at radius 1 is 1.09 bits per heavy atom. The zero-order valence-electron chi connectivity index (χ0n) is 12.5. The molecule has 1 atom stereocenters. The number of nitrogens with one attached hydrogen (secondary N) is 2. The summed E-state index contributed by atoms with van der Waals surface area (Å²) in [5.41, 5.74) is 0.372. The maximum atomic E-state index is 12.6. The van der Waals surface area contributed by atoms with Gasteiger partial charge in [0, 0.05) is 11.7 Å². The Hall–Kier alpha value is -2.50. The Labute approximate surface area is 132 Å². The summed E-state index contributed by atoms with van der Waals surface area (Å²) in [6.07, 6.45) is -3.80. The predicted octanol–water partition coefficient (Wildman–Crippen LogP) is 4.46. The van der Waals surface area contributed by atoms with Gasteiger partial charge in [-0.15, -0.1) is 0 Å². The molecule has 0 spiro atoms. The van der Waals surface area contributed by atoms with Crippen molar-refractivity contribution in [1.29, 1.82) is 0 Å². The Morgan fingerprint density at radius 2 is 1.78 bits per heavy atom. The smallest absolute Gasteiger partial charge is 0.335 e. The third-order valence-electron chi connectivity index (χ3n) is 3.21. The molecule has 0 saturated heterocycles. The maximum absolute atomic E-state index is 12.6. The molecule has 6 heteroatoms. The number of halogens is 3. The van der Waals surface area contributed by atoms with Gasteiger partial charge in [0.2, 0.25) is 0 Å². The van der Waals surface area contributed by atoms with Crippen LogP contribution in [0.4, 0.5) is 23.7 Å². The van der Waals surface area contributed by atoms with Gasteiger partial charge >= 0.3 is 12.2 Å². The molecule has 0 saturated carbocycles. The third kappa shape index (κ3) is 5.32. The van der Waals surface area contributed by atoms with Gasteiger partial charge in [-0.25, -0.2) is 4.79 Å². The van der Waals surface area contributed by atoms with E-state index in [2.05, 4.69) is 10.6 Å². The van der Waals surface area contributed by atoms with Crippen LogP contribution in [0.5, 0.6) is 0 Å². The average Bonchev–Trinajstić information content (AvgIpc) is 2.47. The fourth-order valence-electron chi connectivity index (χ4n) is 2.18. The predicted molar refractivity (Wildman–Crippen MR) is 83.2 cm³/mol. The van der Waals surface area contributed by atoms with Crippen LogP contribution in [0.2, 0.25) is 0 Å². The molecule has 2 aromatic rings. The number of rotatable bonds is 4. The largest absolute Gasteiger partial charge is 0.416 e. The molecule has 1 unspecified atom stereocenters. The third-order valence-corrected chi connectivity index (χ3v) is 3.21. The van der Waals surface area contributed by atoms with E-state index in [1.54, 1.807) is 0 Å². The van der Waals surface area contributed by atoms with Crippen molar-refractivity contribution in [3.05, 3.63) is 65.7 Å². The fraction of sp³-hybridized carbons (Fsp3) is 0.235. The number of carbonyl (C=O) groups excluding carboxylic acids is 1. The molecule has 23 heavy (non-hydrogen) atoms. The average molecular weight is 322 g/mol. The Kier molecular flexibility index (Phi) is 5.26. The number of carbonyl (C=O) groups is 1. The highest BCUT2D eigenvalue weighted by Gasteiger charge is 2.30. The summed E-state index contributed by atoms with van der Waals surface area (Å²) in [5.74, 6) is 0. The van der Waals surface area contributed by atoms with Gasteiger partial charge in [0.15, 0.2) is 0 Å². The van der Waals surface area contributed by atoms with Crippen molar-refractivity contribution >= 4 is 11.7 Å². The summed E-state index contributed by atoms with van der Waals surface area (Å²) < 4.78 is 37.9. The summed E-state index contributed by atoms with van der Waals surface area (Å²) in [4.78, 5) is 11.9. The number of anilines is 1. The highest BCUT2D eigenvalue weighted by atomic mass is 19.4. The van der Waals surface area contributed by atoms with Crippen LogP contribution >= 0.6 is 0 Å². The summed E-state index contributed by atoms with van der Waals surface area (Å²) in [6, 6.07) is 13.5. The quantitative estimate of drug-likeness (QED) is 0.857. The summed E-state index contributed by atoms with van der Waals surface area (Å²) in [6.45, 7) is 1.83. The molecule has 0 aromatic heterocycles. The lowest BCUT2D eigenvalue weighted by Crippen LogP contribution is -2.37. The van der Waals surface area contributed by atoms with E-state index in [-0.39, 0.29) is 11.7 Å². The second-order valence-electron chi connectivity index (χ2n) is 5.27. The monoisotopic (exact) mass is 322 g/mol. The van der Waals surface area contributed by atoms with Gasteiger partial charge < -0.3 is 10.6 Å². The number of benzene rings is 2. The van der Waals surface area contributed by atoms with Crippen LogP contribution in [0.25, 0.3) is 0 Å². The van der Waals surface area contributed by atoms with Crippen LogP contribution in [0.1, 0.15) is 18.1 Å². The summed E-state index contributed by atoms with van der Waals surface area (Å²) >= 11 is 0. The fourth-order valence-corrected chi connectivity index (χ4v) is 2.18. The molecule has 2 aromatic carbocycles. The van der Waals surface area contributed by atoms with Crippen LogP contribution in [0.15, 0.2) is 54.6 Å². The highest BCUT2D eigenvalue weighted by molar-refractivity contribution is 5.89. The summed E-state index contributed by atoms with van der Waals surface area (Å²) in [5, 5.41) is 5.12. The second kappa shape index (κ2) is 7.17. The SMILES string of the molecule is CC(Cc1ccccc1)NC(=O)Nc1cccc(C(F)(F)F)c1. The van der Waals surface area contributed by atoms with Crippen molar-refractivity contribution < 1.29 is 18.0 Å². The van der Waals surface area contributed by atoms with E-state index < -0.39 is 17.8 Å². The first-order chi connectivity index (χ1) is 10.8. The van der Waals surface area contributed by atoms with Crippen LogP contribution < -0.4 is 10.6 Å². The van der Waals surface area contributed by atoms with Gasteiger partial charge in [-0.1, -0.05) is 36.4 Å². The number of urea groups is 1. The zero-order chi connectivity index (χ0) is 16.9. The molecule has 2 N–H and O–H groups in total.